The van der Waals surface area contributed by atoms with E-state index in [2.05, 4.69) is 14.7 Å². The molecule has 0 aliphatic heterocycles. The lowest BCUT2D eigenvalue weighted by Crippen LogP contribution is -2.14. The van der Waals surface area contributed by atoms with Gasteiger partial charge in [0.2, 0.25) is 0 Å². The molecule has 0 fully saturated rings. The number of nitrogens with zero attached hydrogens (tertiary/aromatic N) is 3. The van der Waals surface area contributed by atoms with Crippen molar-refractivity contribution < 1.29 is 34.1 Å². The van der Waals surface area contributed by atoms with Crippen LogP contribution < -0.4 is 4.74 Å². The van der Waals surface area contributed by atoms with E-state index in [-0.39, 0.29) is 23.7 Å². The van der Waals surface area contributed by atoms with Crippen molar-refractivity contribution in [3.63, 3.8) is 0 Å². The molecule has 0 aliphatic rings. The number of hydrogen-bond acceptors (Lipinski definition) is 10. The van der Waals surface area contributed by atoms with Crippen molar-refractivity contribution in [2.45, 2.75) is 33.5 Å². The van der Waals surface area contributed by atoms with Crippen LogP contribution in [0.2, 0.25) is 0 Å². The first kappa shape index (κ1) is 19.9. The summed E-state index contributed by atoms with van der Waals surface area (Å²) in [6, 6.07) is 2.42. The van der Waals surface area contributed by atoms with E-state index in [4.69, 9.17) is 9.47 Å². The molecule has 12 nitrogen and oxygen atoms in total. The molecule has 0 bridgehead atoms. The summed E-state index contributed by atoms with van der Waals surface area (Å²) in [5.74, 6) is 0.277. The fourth-order valence-electron chi connectivity index (χ4n) is 1.57. The first-order valence-electron chi connectivity index (χ1n) is 7.15. The Hall–Kier alpha value is -3.18. The van der Waals surface area contributed by atoms with Gasteiger partial charge in [-0.15, -0.1) is 20.2 Å². The number of carbonyl (C=O) groups is 1. The van der Waals surface area contributed by atoms with E-state index in [1.165, 1.54) is 12.1 Å². The zero-order valence-corrected chi connectivity index (χ0v) is 13.6. The van der Waals surface area contributed by atoms with Crippen LogP contribution >= 0.6 is 0 Å². The molecule has 12 heteroatoms. The maximum absolute atomic E-state index is 11.6. The van der Waals surface area contributed by atoms with Gasteiger partial charge in [-0.2, -0.15) is 0 Å². The van der Waals surface area contributed by atoms with Crippen molar-refractivity contribution in [1.82, 2.24) is 4.98 Å². The van der Waals surface area contributed by atoms with E-state index < -0.39 is 29.5 Å². The van der Waals surface area contributed by atoms with Gasteiger partial charge >= 0.3 is 6.16 Å². The number of ether oxygens (including phenoxy) is 2. The third-order valence-corrected chi connectivity index (χ3v) is 2.66. The molecule has 25 heavy (non-hydrogen) atoms. The zero-order valence-electron chi connectivity index (χ0n) is 13.6. The normalized spacial score (nSPS) is 10.2. The van der Waals surface area contributed by atoms with Gasteiger partial charge in [-0.1, -0.05) is 13.8 Å². The minimum atomic E-state index is -1.03. The van der Waals surface area contributed by atoms with Crippen LogP contribution in [0.25, 0.3) is 0 Å². The number of rotatable bonds is 10. The summed E-state index contributed by atoms with van der Waals surface area (Å²) in [7, 11) is 0. The van der Waals surface area contributed by atoms with Crippen LogP contribution in [0, 0.1) is 26.1 Å². The highest BCUT2D eigenvalue weighted by Crippen LogP contribution is 2.17. The largest absolute Gasteiger partial charge is 0.513 e. The van der Waals surface area contributed by atoms with Gasteiger partial charge in [-0.3, -0.25) is 4.98 Å². The third kappa shape index (κ3) is 8.88. The van der Waals surface area contributed by atoms with Crippen molar-refractivity contribution in [3.05, 3.63) is 43.7 Å². The zero-order chi connectivity index (χ0) is 18.8. The van der Waals surface area contributed by atoms with E-state index >= 15 is 0 Å². The summed E-state index contributed by atoms with van der Waals surface area (Å²) in [5, 5.41) is 18.4. The Morgan fingerprint density at radius 2 is 1.64 bits per heavy atom. The lowest BCUT2D eigenvalue weighted by Gasteiger charge is -2.10. The SMILES string of the molecule is CC(C)CCOC(=O)Oc1cc(CO[N+](=O)[O-])nc(CO[N+](=O)[O-])c1. The molecule has 0 unspecified atom stereocenters. The molecule has 1 rings (SSSR count). The molecule has 0 spiro atoms. The molecule has 0 radical (unpaired) electrons. The Labute approximate surface area is 141 Å². The highest BCUT2D eigenvalue weighted by atomic mass is 17.0. The smallest absolute Gasteiger partial charge is 0.434 e. The molecular weight excluding hydrogens is 342 g/mol. The molecule has 0 aliphatic carbocycles. The molecule has 1 heterocycles. The van der Waals surface area contributed by atoms with Gasteiger partial charge in [0.05, 0.1) is 18.0 Å². The van der Waals surface area contributed by atoms with Crippen molar-refractivity contribution in [2.24, 2.45) is 5.92 Å². The molecule has 0 amide bonds. The van der Waals surface area contributed by atoms with E-state index in [9.17, 15) is 25.0 Å². The molecule has 0 saturated heterocycles. The average molecular weight is 359 g/mol. The average Bonchev–Trinajstić information content (AvgIpc) is 2.50. The van der Waals surface area contributed by atoms with Crippen LogP contribution in [0.1, 0.15) is 31.7 Å². The molecule has 0 N–H and O–H groups in total. The summed E-state index contributed by atoms with van der Waals surface area (Å²) in [5.41, 5.74) is 0.0391. The molecule has 0 saturated carbocycles. The Bertz CT molecular complexity index is 585. The first-order chi connectivity index (χ1) is 11.8. The van der Waals surface area contributed by atoms with Gasteiger partial charge < -0.3 is 19.1 Å². The molecule has 1 aromatic heterocycles. The van der Waals surface area contributed by atoms with Crippen LogP contribution in [0.3, 0.4) is 0 Å². The Kier molecular flexibility index (Phi) is 7.82. The van der Waals surface area contributed by atoms with Gasteiger partial charge in [-0.05, 0) is 12.3 Å². The second kappa shape index (κ2) is 9.85. The van der Waals surface area contributed by atoms with Gasteiger partial charge in [0.25, 0.3) is 10.2 Å². The quantitative estimate of drug-likeness (QED) is 0.344. The van der Waals surface area contributed by atoms with Crippen LogP contribution in [-0.2, 0) is 27.6 Å². The van der Waals surface area contributed by atoms with Gasteiger partial charge in [0.1, 0.15) is 19.0 Å². The van der Waals surface area contributed by atoms with Crippen LogP contribution in [0.4, 0.5) is 4.79 Å². The van der Waals surface area contributed by atoms with E-state index in [1.807, 2.05) is 13.8 Å². The Balaban J connectivity index is 2.78. The maximum Gasteiger partial charge on any atom is 0.513 e. The predicted molar refractivity (Wildman–Crippen MR) is 79.2 cm³/mol. The third-order valence-electron chi connectivity index (χ3n) is 2.66. The molecule has 0 atom stereocenters. The maximum atomic E-state index is 11.6. The summed E-state index contributed by atoms with van der Waals surface area (Å²) in [6.45, 7) is 3.02. The highest BCUT2D eigenvalue weighted by Gasteiger charge is 2.12. The van der Waals surface area contributed by atoms with Gasteiger partial charge in [-0.25, -0.2) is 4.79 Å². The standard InChI is InChI=1S/C13H17N3O9/c1-9(2)3-4-22-13(17)25-12-5-10(7-23-15(18)19)14-11(6-12)8-24-16(20)21/h5-6,9H,3-4,7-8H2,1-2H3. The van der Waals surface area contributed by atoms with Crippen molar-refractivity contribution in [2.75, 3.05) is 6.61 Å². The lowest BCUT2D eigenvalue weighted by molar-refractivity contribution is -0.763. The number of hydrogen-bond donors (Lipinski definition) is 0. The summed E-state index contributed by atoms with van der Waals surface area (Å²) >= 11 is 0. The van der Waals surface area contributed by atoms with Crippen molar-refractivity contribution in [3.8, 4) is 5.75 Å². The van der Waals surface area contributed by atoms with Crippen molar-refractivity contribution >= 4 is 6.16 Å². The number of pyridine rings is 1. The molecule has 1 aromatic rings. The van der Waals surface area contributed by atoms with E-state index in [0.717, 1.165) is 0 Å². The van der Waals surface area contributed by atoms with Crippen molar-refractivity contribution in [1.29, 1.82) is 0 Å². The lowest BCUT2D eigenvalue weighted by atomic mass is 10.1. The van der Waals surface area contributed by atoms with Crippen LogP contribution in [0.5, 0.6) is 5.75 Å². The Morgan fingerprint density at radius 1 is 1.12 bits per heavy atom. The van der Waals surface area contributed by atoms with Crippen LogP contribution in [0.15, 0.2) is 12.1 Å². The minimum Gasteiger partial charge on any atom is -0.434 e. The molecular formula is C13H17N3O9. The monoisotopic (exact) mass is 359 g/mol. The van der Waals surface area contributed by atoms with Crippen LogP contribution in [-0.4, -0.2) is 27.9 Å². The summed E-state index contributed by atoms with van der Waals surface area (Å²) in [4.78, 5) is 44.3. The molecule has 138 valence electrons. The minimum absolute atomic E-state index is 0.0196. The van der Waals surface area contributed by atoms with E-state index in [0.29, 0.717) is 12.3 Å². The fraction of sp³-hybridized carbons (Fsp3) is 0.538. The summed E-state index contributed by atoms with van der Waals surface area (Å²) in [6.07, 6.45) is -0.330. The second-order valence-corrected chi connectivity index (χ2v) is 5.16. The number of carbonyl (C=O) groups excluding carboxylic acids is 1. The number of aromatic nitrogens is 1. The summed E-state index contributed by atoms with van der Waals surface area (Å²) < 4.78 is 9.81. The van der Waals surface area contributed by atoms with E-state index in [1.54, 1.807) is 0 Å². The molecule has 0 aromatic carbocycles. The van der Waals surface area contributed by atoms with Gasteiger partial charge in [0.15, 0.2) is 0 Å². The topological polar surface area (TPSA) is 153 Å². The Morgan fingerprint density at radius 3 is 2.08 bits per heavy atom. The first-order valence-corrected chi connectivity index (χ1v) is 7.15. The second-order valence-electron chi connectivity index (χ2n) is 5.16. The predicted octanol–water partition coefficient (Wildman–Crippen LogP) is 2.06. The highest BCUT2D eigenvalue weighted by molar-refractivity contribution is 5.63. The van der Waals surface area contributed by atoms with Gasteiger partial charge in [0, 0.05) is 12.1 Å². The fourth-order valence-corrected chi connectivity index (χ4v) is 1.57.